The molecular formula is C21H13ClF3N3O. The number of ether oxygens (including phenoxy) is 1. The van der Waals surface area contributed by atoms with Crippen molar-refractivity contribution in [1.29, 1.82) is 0 Å². The number of para-hydroxylation sites is 2. The molecule has 0 radical (unpaired) electrons. The highest BCUT2D eigenvalue weighted by molar-refractivity contribution is 6.29. The number of hydrogen-bond acceptors (Lipinski definition) is 4. The summed E-state index contributed by atoms with van der Waals surface area (Å²) in [7, 11) is 0. The lowest BCUT2D eigenvalue weighted by atomic mass is 10.0. The number of alkyl halides is 3. The standard InChI is InChI=1S/C21H13ClF3N3O/c22-20-27-16-11-6-9-14(13-7-2-1-3-8-13)18(16)19(28-20)26-15-10-4-5-12-17(15)29-21(23,24)25/h1-12H,(H,26,27,28). The number of halogens is 4. The summed E-state index contributed by atoms with van der Waals surface area (Å²) in [5.74, 6) is -0.0993. The molecule has 0 aliphatic carbocycles. The Bertz CT molecular complexity index is 1170. The molecule has 0 amide bonds. The van der Waals surface area contributed by atoms with Crippen molar-refractivity contribution in [2.75, 3.05) is 5.32 Å². The first-order valence-electron chi connectivity index (χ1n) is 8.54. The van der Waals surface area contributed by atoms with Crippen molar-refractivity contribution >= 4 is 34.0 Å². The van der Waals surface area contributed by atoms with E-state index in [-0.39, 0.29) is 22.5 Å². The number of rotatable bonds is 4. The average molecular weight is 416 g/mol. The second kappa shape index (κ2) is 7.60. The van der Waals surface area contributed by atoms with E-state index in [9.17, 15) is 13.2 Å². The summed E-state index contributed by atoms with van der Waals surface area (Å²) in [6.07, 6.45) is -4.82. The Balaban J connectivity index is 1.87. The molecule has 1 heterocycles. The summed E-state index contributed by atoms with van der Waals surface area (Å²) in [5.41, 5.74) is 2.38. The zero-order chi connectivity index (χ0) is 20.4. The van der Waals surface area contributed by atoms with Crippen LogP contribution in [-0.2, 0) is 0 Å². The molecule has 0 fully saturated rings. The Morgan fingerprint density at radius 2 is 1.55 bits per heavy atom. The molecule has 4 aromatic rings. The maximum atomic E-state index is 12.8. The number of benzene rings is 3. The molecule has 4 nitrogen and oxygen atoms in total. The molecule has 0 unspecified atom stereocenters. The van der Waals surface area contributed by atoms with Gasteiger partial charge in [0.15, 0.2) is 5.75 Å². The summed E-state index contributed by atoms with van der Waals surface area (Å²) in [4.78, 5) is 8.48. The summed E-state index contributed by atoms with van der Waals surface area (Å²) in [5, 5.41) is 3.53. The predicted molar refractivity (Wildman–Crippen MR) is 106 cm³/mol. The van der Waals surface area contributed by atoms with E-state index < -0.39 is 6.36 Å². The average Bonchev–Trinajstić information content (AvgIpc) is 2.68. The number of nitrogens with one attached hydrogen (secondary N) is 1. The van der Waals surface area contributed by atoms with Crippen LogP contribution < -0.4 is 10.1 Å². The van der Waals surface area contributed by atoms with Gasteiger partial charge in [0.2, 0.25) is 5.28 Å². The fourth-order valence-corrected chi connectivity index (χ4v) is 3.19. The lowest BCUT2D eigenvalue weighted by molar-refractivity contribution is -0.274. The van der Waals surface area contributed by atoms with Gasteiger partial charge in [-0.25, -0.2) is 4.98 Å². The number of anilines is 2. The van der Waals surface area contributed by atoms with Crippen LogP contribution >= 0.6 is 11.6 Å². The summed E-state index contributed by atoms with van der Waals surface area (Å²) < 4.78 is 42.4. The van der Waals surface area contributed by atoms with Gasteiger partial charge in [0.1, 0.15) is 5.82 Å². The van der Waals surface area contributed by atoms with E-state index in [2.05, 4.69) is 20.0 Å². The SMILES string of the molecule is FC(F)(F)Oc1ccccc1Nc1nc(Cl)nc2cccc(-c3ccccc3)c12. The molecule has 8 heteroatoms. The van der Waals surface area contributed by atoms with Gasteiger partial charge in [-0.2, -0.15) is 4.98 Å². The van der Waals surface area contributed by atoms with Crippen molar-refractivity contribution in [3.63, 3.8) is 0 Å². The second-order valence-corrected chi connectivity index (χ2v) is 6.41. The van der Waals surface area contributed by atoms with E-state index >= 15 is 0 Å². The van der Waals surface area contributed by atoms with Gasteiger partial charge in [0, 0.05) is 0 Å². The van der Waals surface area contributed by atoms with Gasteiger partial charge in [0.05, 0.1) is 16.6 Å². The minimum atomic E-state index is -4.82. The minimum Gasteiger partial charge on any atom is -0.404 e. The molecule has 4 rings (SSSR count). The Morgan fingerprint density at radius 3 is 2.31 bits per heavy atom. The molecule has 0 bridgehead atoms. The molecule has 0 spiro atoms. The molecule has 29 heavy (non-hydrogen) atoms. The largest absolute Gasteiger partial charge is 0.573 e. The summed E-state index contributed by atoms with van der Waals surface area (Å²) in [6.45, 7) is 0. The molecule has 0 atom stereocenters. The van der Waals surface area contributed by atoms with Gasteiger partial charge in [-0.3, -0.25) is 0 Å². The highest BCUT2D eigenvalue weighted by Crippen LogP contribution is 2.37. The zero-order valence-electron chi connectivity index (χ0n) is 14.7. The van der Waals surface area contributed by atoms with Crippen LogP contribution in [0.4, 0.5) is 24.7 Å². The third kappa shape index (κ3) is 4.25. The van der Waals surface area contributed by atoms with Crippen molar-refractivity contribution in [2.24, 2.45) is 0 Å². The molecule has 1 aromatic heterocycles. The molecule has 0 saturated heterocycles. The Labute approximate surface area is 168 Å². The molecule has 146 valence electrons. The van der Waals surface area contributed by atoms with Gasteiger partial charge < -0.3 is 10.1 Å². The van der Waals surface area contributed by atoms with E-state index in [0.29, 0.717) is 10.9 Å². The van der Waals surface area contributed by atoms with Gasteiger partial charge >= 0.3 is 6.36 Å². The van der Waals surface area contributed by atoms with Crippen LogP contribution in [0.25, 0.3) is 22.0 Å². The van der Waals surface area contributed by atoms with Crippen LogP contribution in [0.15, 0.2) is 72.8 Å². The van der Waals surface area contributed by atoms with Crippen LogP contribution in [0.3, 0.4) is 0 Å². The maximum Gasteiger partial charge on any atom is 0.573 e. The molecule has 0 saturated carbocycles. The number of hydrogen-bond donors (Lipinski definition) is 1. The molecule has 1 N–H and O–H groups in total. The lowest BCUT2D eigenvalue weighted by Crippen LogP contribution is -2.18. The van der Waals surface area contributed by atoms with Crippen LogP contribution in [0.5, 0.6) is 5.75 Å². The van der Waals surface area contributed by atoms with E-state index in [1.165, 1.54) is 18.2 Å². The number of aromatic nitrogens is 2. The van der Waals surface area contributed by atoms with Crippen molar-refractivity contribution < 1.29 is 17.9 Å². The van der Waals surface area contributed by atoms with E-state index in [1.54, 1.807) is 12.1 Å². The quantitative estimate of drug-likeness (QED) is 0.382. The van der Waals surface area contributed by atoms with E-state index in [0.717, 1.165) is 11.1 Å². The van der Waals surface area contributed by atoms with Crippen LogP contribution in [0.1, 0.15) is 0 Å². The van der Waals surface area contributed by atoms with Crippen molar-refractivity contribution in [2.45, 2.75) is 6.36 Å². The van der Waals surface area contributed by atoms with Crippen molar-refractivity contribution in [3.05, 3.63) is 78.1 Å². The van der Waals surface area contributed by atoms with E-state index in [4.69, 9.17) is 11.6 Å². The molecule has 0 aliphatic heterocycles. The monoisotopic (exact) mass is 415 g/mol. The smallest absolute Gasteiger partial charge is 0.404 e. The topological polar surface area (TPSA) is 47.0 Å². The highest BCUT2D eigenvalue weighted by atomic mass is 35.5. The van der Waals surface area contributed by atoms with E-state index in [1.807, 2.05) is 42.5 Å². The Kier molecular flexibility index (Phi) is 4.98. The maximum absolute atomic E-state index is 12.8. The van der Waals surface area contributed by atoms with Gasteiger partial charge in [-0.1, -0.05) is 54.6 Å². The summed E-state index contributed by atoms with van der Waals surface area (Å²) in [6, 6.07) is 20.7. The normalized spacial score (nSPS) is 11.4. The molecule has 0 aliphatic rings. The lowest BCUT2D eigenvalue weighted by Gasteiger charge is -2.16. The first-order valence-corrected chi connectivity index (χ1v) is 8.92. The van der Waals surface area contributed by atoms with Crippen molar-refractivity contribution in [3.8, 4) is 16.9 Å². The van der Waals surface area contributed by atoms with Crippen LogP contribution in [-0.4, -0.2) is 16.3 Å². The second-order valence-electron chi connectivity index (χ2n) is 6.08. The fraction of sp³-hybridized carbons (Fsp3) is 0.0476. The minimum absolute atomic E-state index is 0.0283. The van der Waals surface area contributed by atoms with Gasteiger partial charge in [0.25, 0.3) is 0 Å². The first-order chi connectivity index (χ1) is 13.9. The summed E-state index contributed by atoms with van der Waals surface area (Å²) >= 11 is 6.06. The molecular weight excluding hydrogens is 403 g/mol. The van der Waals surface area contributed by atoms with Crippen molar-refractivity contribution in [1.82, 2.24) is 9.97 Å². The van der Waals surface area contributed by atoms with Crippen LogP contribution in [0.2, 0.25) is 5.28 Å². The number of nitrogens with zero attached hydrogens (tertiary/aromatic N) is 2. The van der Waals surface area contributed by atoms with Gasteiger partial charge in [-0.15, -0.1) is 13.2 Å². The molecule has 3 aromatic carbocycles. The third-order valence-corrected chi connectivity index (χ3v) is 4.32. The Morgan fingerprint density at radius 1 is 0.828 bits per heavy atom. The number of fused-ring (bicyclic) bond motifs is 1. The fourth-order valence-electron chi connectivity index (χ4n) is 3.01. The highest BCUT2D eigenvalue weighted by Gasteiger charge is 2.32. The van der Waals surface area contributed by atoms with Gasteiger partial charge in [-0.05, 0) is 40.9 Å². The third-order valence-electron chi connectivity index (χ3n) is 4.15. The zero-order valence-corrected chi connectivity index (χ0v) is 15.5. The first kappa shape index (κ1) is 19.0. The predicted octanol–water partition coefficient (Wildman–Crippen LogP) is 6.59. The van der Waals surface area contributed by atoms with Crippen LogP contribution in [0, 0.1) is 0 Å². The Hall–Kier alpha value is -3.32.